The van der Waals surface area contributed by atoms with E-state index in [9.17, 15) is 0 Å². The molecule has 25 heavy (non-hydrogen) atoms. The van der Waals surface area contributed by atoms with Crippen molar-refractivity contribution < 1.29 is 0 Å². The molecule has 4 rings (SSSR count). The van der Waals surface area contributed by atoms with Crippen LogP contribution in [0.1, 0.15) is 11.1 Å². The first kappa shape index (κ1) is 16.1. The lowest BCUT2D eigenvalue weighted by Gasteiger charge is -2.04. The number of aryl methyl sites for hydroxylation is 1. The molecule has 0 aliphatic heterocycles. The molecule has 6 heteroatoms. The highest BCUT2D eigenvalue weighted by Crippen LogP contribution is 2.24. The molecule has 0 N–H and O–H groups in total. The summed E-state index contributed by atoms with van der Waals surface area (Å²) < 4.78 is 1.80. The summed E-state index contributed by atoms with van der Waals surface area (Å²) in [5.74, 6) is 0.786. The molecule has 0 fully saturated rings. The highest BCUT2D eigenvalue weighted by molar-refractivity contribution is 7.98. The van der Waals surface area contributed by atoms with Crippen LogP contribution in [0.3, 0.4) is 0 Å². The first-order valence-electron chi connectivity index (χ1n) is 7.86. The van der Waals surface area contributed by atoms with Gasteiger partial charge in [-0.1, -0.05) is 65.3 Å². The molecule has 0 bridgehead atoms. The maximum absolute atomic E-state index is 5.93. The van der Waals surface area contributed by atoms with Gasteiger partial charge in [-0.15, -0.1) is 10.2 Å². The van der Waals surface area contributed by atoms with Crippen molar-refractivity contribution in [3.63, 3.8) is 0 Å². The second-order valence-corrected chi connectivity index (χ2v) is 7.13. The predicted molar refractivity (Wildman–Crippen MR) is 102 cm³/mol. The molecule has 0 unspecified atom stereocenters. The van der Waals surface area contributed by atoms with Gasteiger partial charge in [0.15, 0.2) is 5.65 Å². The maximum atomic E-state index is 5.93. The molecule has 2 aromatic carbocycles. The SMILES string of the molecule is Cc1ccc(-c2ccc3nnc(SCc4ccc(Cl)cc4)n3n2)cc1. The van der Waals surface area contributed by atoms with Gasteiger partial charge in [0.25, 0.3) is 0 Å². The quantitative estimate of drug-likeness (QED) is 0.474. The van der Waals surface area contributed by atoms with Gasteiger partial charge in [0.2, 0.25) is 5.16 Å². The summed E-state index contributed by atoms with van der Waals surface area (Å²) in [4.78, 5) is 0. The van der Waals surface area contributed by atoms with E-state index in [1.54, 1.807) is 16.3 Å². The molecule has 0 spiro atoms. The largest absolute Gasteiger partial charge is 0.212 e. The van der Waals surface area contributed by atoms with Gasteiger partial charge in [-0.2, -0.15) is 9.61 Å². The summed E-state index contributed by atoms with van der Waals surface area (Å²) in [6.07, 6.45) is 0. The molecule has 0 saturated carbocycles. The lowest BCUT2D eigenvalue weighted by Crippen LogP contribution is -1.96. The molecule has 0 radical (unpaired) electrons. The molecule has 0 aliphatic carbocycles. The third-order valence-corrected chi connectivity index (χ3v) is 5.11. The minimum absolute atomic E-state index is 0.742. The van der Waals surface area contributed by atoms with Crippen molar-refractivity contribution in [2.24, 2.45) is 0 Å². The molecule has 2 aromatic heterocycles. The summed E-state index contributed by atoms with van der Waals surface area (Å²) in [7, 11) is 0. The van der Waals surface area contributed by atoms with Crippen molar-refractivity contribution in [1.82, 2.24) is 19.8 Å². The van der Waals surface area contributed by atoms with Gasteiger partial charge in [-0.05, 0) is 36.8 Å². The third-order valence-electron chi connectivity index (χ3n) is 3.86. The van der Waals surface area contributed by atoms with Gasteiger partial charge in [-0.3, -0.25) is 0 Å². The third kappa shape index (κ3) is 3.52. The monoisotopic (exact) mass is 366 g/mol. The van der Waals surface area contributed by atoms with Crippen molar-refractivity contribution in [3.8, 4) is 11.3 Å². The molecular weight excluding hydrogens is 352 g/mol. The van der Waals surface area contributed by atoms with Crippen LogP contribution in [0.25, 0.3) is 16.9 Å². The Bertz CT molecular complexity index is 1010. The zero-order valence-corrected chi connectivity index (χ0v) is 15.1. The van der Waals surface area contributed by atoms with E-state index in [1.807, 2.05) is 36.4 Å². The topological polar surface area (TPSA) is 43.1 Å². The molecule has 0 saturated heterocycles. The number of nitrogens with zero attached hydrogens (tertiary/aromatic N) is 4. The van der Waals surface area contributed by atoms with Gasteiger partial charge in [-0.25, -0.2) is 0 Å². The minimum atomic E-state index is 0.742. The van der Waals surface area contributed by atoms with E-state index in [-0.39, 0.29) is 0 Å². The molecule has 4 nitrogen and oxygen atoms in total. The van der Waals surface area contributed by atoms with Crippen molar-refractivity contribution in [2.75, 3.05) is 0 Å². The van der Waals surface area contributed by atoms with Crippen LogP contribution in [0, 0.1) is 6.92 Å². The van der Waals surface area contributed by atoms with Gasteiger partial charge in [0.1, 0.15) is 0 Å². The van der Waals surface area contributed by atoms with Gasteiger partial charge < -0.3 is 0 Å². The number of hydrogen-bond acceptors (Lipinski definition) is 4. The van der Waals surface area contributed by atoms with E-state index < -0.39 is 0 Å². The smallest absolute Gasteiger partial charge is 0.187 e. The number of benzene rings is 2. The summed E-state index contributed by atoms with van der Waals surface area (Å²) in [5, 5.41) is 14.7. The normalized spacial score (nSPS) is 11.1. The minimum Gasteiger partial charge on any atom is -0.187 e. The molecule has 4 aromatic rings. The van der Waals surface area contributed by atoms with E-state index in [2.05, 4.69) is 41.4 Å². The zero-order valence-electron chi connectivity index (χ0n) is 13.6. The van der Waals surface area contributed by atoms with E-state index in [4.69, 9.17) is 16.7 Å². The summed E-state index contributed by atoms with van der Waals surface area (Å²) in [5.41, 5.74) is 5.14. The Hall–Kier alpha value is -2.37. The van der Waals surface area contributed by atoms with E-state index in [0.29, 0.717) is 0 Å². The van der Waals surface area contributed by atoms with Gasteiger partial charge in [0, 0.05) is 16.3 Å². The van der Waals surface area contributed by atoms with Gasteiger partial charge in [0.05, 0.1) is 5.69 Å². The van der Waals surface area contributed by atoms with E-state index in [0.717, 1.165) is 32.8 Å². The highest BCUT2D eigenvalue weighted by Gasteiger charge is 2.09. The summed E-state index contributed by atoms with van der Waals surface area (Å²) >= 11 is 7.54. The number of rotatable bonds is 4. The Morgan fingerprint density at radius 2 is 1.68 bits per heavy atom. The first-order chi connectivity index (χ1) is 12.2. The predicted octanol–water partition coefficient (Wildman–Crippen LogP) is 5.05. The molecule has 2 heterocycles. The Morgan fingerprint density at radius 3 is 2.44 bits per heavy atom. The number of aromatic nitrogens is 4. The fourth-order valence-electron chi connectivity index (χ4n) is 2.47. The lowest BCUT2D eigenvalue weighted by atomic mass is 10.1. The standard InChI is InChI=1S/C19H15ClN4S/c1-13-2-6-15(7-3-13)17-10-11-18-21-22-19(24(18)23-17)25-12-14-4-8-16(20)9-5-14/h2-11H,12H2,1H3. The molecule has 0 aliphatic rings. The Morgan fingerprint density at radius 1 is 0.920 bits per heavy atom. The van der Waals surface area contributed by atoms with E-state index >= 15 is 0 Å². The average Bonchev–Trinajstić information content (AvgIpc) is 3.04. The second-order valence-electron chi connectivity index (χ2n) is 5.75. The van der Waals surface area contributed by atoms with Crippen LogP contribution in [0.4, 0.5) is 0 Å². The van der Waals surface area contributed by atoms with Crippen LogP contribution in [-0.4, -0.2) is 19.8 Å². The summed E-state index contributed by atoms with van der Waals surface area (Å²) in [6, 6.07) is 20.1. The van der Waals surface area contributed by atoms with Crippen LogP contribution in [0.5, 0.6) is 0 Å². The zero-order chi connectivity index (χ0) is 17.2. The molecule has 0 atom stereocenters. The van der Waals surface area contributed by atoms with Crippen LogP contribution < -0.4 is 0 Å². The number of thioether (sulfide) groups is 1. The number of halogens is 1. The molecule has 0 amide bonds. The first-order valence-corrected chi connectivity index (χ1v) is 9.22. The number of hydrogen-bond donors (Lipinski definition) is 0. The van der Waals surface area contributed by atoms with Gasteiger partial charge >= 0.3 is 0 Å². The fourth-order valence-corrected chi connectivity index (χ4v) is 3.44. The fraction of sp³-hybridized carbons (Fsp3) is 0.105. The molecule has 124 valence electrons. The van der Waals surface area contributed by atoms with Crippen LogP contribution in [0.15, 0.2) is 65.8 Å². The number of fused-ring (bicyclic) bond motifs is 1. The lowest BCUT2D eigenvalue weighted by molar-refractivity contribution is 0.813. The van der Waals surface area contributed by atoms with Crippen LogP contribution in [-0.2, 0) is 5.75 Å². The van der Waals surface area contributed by atoms with Crippen molar-refractivity contribution >= 4 is 29.0 Å². The van der Waals surface area contributed by atoms with E-state index in [1.165, 1.54) is 11.1 Å². The molecular formula is C19H15ClN4S. The highest BCUT2D eigenvalue weighted by atomic mass is 35.5. The second kappa shape index (κ2) is 6.86. The maximum Gasteiger partial charge on any atom is 0.212 e. The Labute approximate surface area is 154 Å². The average molecular weight is 367 g/mol. The van der Waals surface area contributed by atoms with Crippen LogP contribution in [0.2, 0.25) is 5.02 Å². The van der Waals surface area contributed by atoms with Crippen molar-refractivity contribution in [2.45, 2.75) is 17.8 Å². The summed E-state index contributed by atoms with van der Waals surface area (Å²) in [6.45, 7) is 2.08. The van der Waals surface area contributed by atoms with Crippen LogP contribution >= 0.6 is 23.4 Å². The van der Waals surface area contributed by atoms with Crippen molar-refractivity contribution in [3.05, 3.63) is 76.8 Å². The Balaban J connectivity index is 1.62. The Kier molecular flexibility index (Phi) is 4.42. The van der Waals surface area contributed by atoms with Crippen molar-refractivity contribution in [1.29, 1.82) is 0 Å².